The lowest BCUT2D eigenvalue weighted by atomic mass is 10.2. The van der Waals surface area contributed by atoms with E-state index in [1.165, 1.54) is 28.4 Å². The van der Waals surface area contributed by atoms with Gasteiger partial charge in [0, 0.05) is 12.6 Å². The molecule has 0 aliphatic heterocycles. The maximum absolute atomic E-state index is 12.7. The van der Waals surface area contributed by atoms with Gasteiger partial charge in [-0.1, -0.05) is 18.2 Å². The summed E-state index contributed by atoms with van der Waals surface area (Å²) in [6, 6.07) is 14.9. The molecular weight excluding hydrogens is 362 g/mol. The van der Waals surface area contributed by atoms with Crippen LogP contribution in [0.2, 0.25) is 0 Å². The van der Waals surface area contributed by atoms with E-state index in [4.69, 9.17) is 0 Å². The number of quaternary nitrogens is 1. The van der Waals surface area contributed by atoms with Crippen LogP contribution in [-0.2, 0) is 10.0 Å². The molecule has 0 atom stereocenters. The zero-order chi connectivity index (χ0) is 19.9. The molecule has 27 heavy (non-hydrogen) atoms. The van der Waals surface area contributed by atoms with Crippen molar-refractivity contribution in [1.82, 2.24) is 5.32 Å². The number of amides is 1. The molecule has 146 valence electrons. The van der Waals surface area contributed by atoms with Crippen LogP contribution >= 0.6 is 0 Å². The molecule has 0 aliphatic carbocycles. The van der Waals surface area contributed by atoms with Crippen molar-refractivity contribution in [3.8, 4) is 0 Å². The molecule has 6 nitrogen and oxygen atoms in total. The lowest BCUT2D eigenvalue weighted by Gasteiger charge is -2.19. The third-order valence-corrected chi connectivity index (χ3v) is 6.46. The van der Waals surface area contributed by atoms with Crippen LogP contribution in [0.1, 0.15) is 24.2 Å². The van der Waals surface area contributed by atoms with Gasteiger partial charge in [-0.3, -0.25) is 9.10 Å². The third-order valence-electron chi connectivity index (χ3n) is 4.66. The van der Waals surface area contributed by atoms with E-state index in [-0.39, 0.29) is 10.8 Å². The monoisotopic (exact) mass is 390 g/mol. The van der Waals surface area contributed by atoms with Crippen molar-refractivity contribution in [2.24, 2.45) is 0 Å². The van der Waals surface area contributed by atoms with Crippen LogP contribution in [0.3, 0.4) is 0 Å². The van der Waals surface area contributed by atoms with Gasteiger partial charge < -0.3 is 10.2 Å². The van der Waals surface area contributed by atoms with Crippen molar-refractivity contribution >= 4 is 21.6 Å². The van der Waals surface area contributed by atoms with Crippen molar-refractivity contribution in [3.63, 3.8) is 0 Å². The Balaban J connectivity index is 2.04. The Morgan fingerprint density at radius 1 is 1.00 bits per heavy atom. The number of likely N-dealkylation sites (N-methyl/N-ethyl adjacent to an activating group) is 1. The average molecular weight is 391 g/mol. The second-order valence-electron chi connectivity index (χ2n) is 6.30. The topological polar surface area (TPSA) is 70.9 Å². The molecule has 0 saturated heterocycles. The highest BCUT2D eigenvalue weighted by Crippen LogP contribution is 2.21. The molecule has 0 aromatic heterocycles. The molecule has 0 unspecified atom stereocenters. The smallest absolute Gasteiger partial charge is 0.264 e. The number of para-hydroxylation sites is 1. The number of carbonyl (C=O) groups is 1. The van der Waals surface area contributed by atoms with Gasteiger partial charge in [-0.15, -0.1) is 0 Å². The molecule has 0 radical (unpaired) electrons. The highest BCUT2D eigenvalue weighted by atomic mass is 32.2. The van der Waals surface area contributed by atoms with Crippen LogP contribution < -0.4 is 14.5 Å². The van der Waals surface area contributed by atoms with Crippen molar-refractivity contribution in [2.75, 3.05) is 37.5 Å². The number of nitrogens with zero attached hydrogens (tertiary/aromatic N) is 1. The Morgan fingerprint density at radius 2 is 1.59 bits per heavy atom. The van der Waals surface area contributed by atoms with Gasteiger partial charge in [-0.05, 0) is 50.2 Å². The lowest BCUT2D eigenvalue weighted by Crippen LogP contribution is -3.12. The van der Waals surface area contributed by atoms with Crippen molar-refractivity contribution in [1.29, 1.82) is 0 Å². The van der Waals surface area contributed by atoms with Crippen LogP contribution in [0, 0.1) is 0 Å². The molecule has 0 aliphatic rings. The number of anilines is 1. The van der Waals surface area contributed by atoms with Gasteiger partial charge in [0.1, 0.15) is 0 Å². The van der Waals surface area contributed by atoms with Crippen molar-refractivity contribution in [2.45, 2.75) is 18.7 Å². The summed E-state index contributed by atoms with van der Waals surface area (Å²) < 4.78 is 26.7. The van der Waals surface area contributed by atoms with Crippen LogP contribution in [0.15, 0.2) is 59.5 Å². The van der Waals surface area contributed by atoms with E-state index in [2.05, 4.69) is 19.2 Å². The number of sulfonamides is 1. The van der Waals surface area contributed by atoms with Gasteiger partial charge in [0.05, 0.1) is 36.8 Å². The largest absolute Gasteiger partial charge is 0.346 e. The van der Waals surface area contributed by atoms with Crippen molar-refractivity contribution in [3.05, 3.63) is 60.2 Å². The quantitative estimate of drug-likeness (QED) is 0.675. The molecule has 0 fully saturated rings. The van der Waals surface area contributed by atoms with Crippen LogP contribution in [-0.4, -0.2) is 47.6 Å². The Kier molecular flexibility index (Phi) is 7.38. The van der Waals surface area contributed by atoms with Gasteiger partial charge in [-0.2, -0.15) is 0 Å². The fraction of sp³-hybridized carbons (Fsp3) is 0.350. The van der Waals surface area contributed by atoms with E-state index in [1.54, 1.807) is 36.4 Å². The highest BCUT2D eigenvalue weighted by molar-refractivity contribution is 7.92. The second kappa shape index (κ2) is 9.53. The Bertz CT molecular complexity index is 833. The summed E-state index contributed by atoms with van der Waals surface area (Å²) in [5.74, 6) is -0.193. The first-order chi connectivity index (χ1) is 12.9. The number of nitrogens with one attached hydrogen (secondary N) is 2. The standard InChI is InChI=1S/C20H27N3O3S/c1-4-23(5-2)16-15-21-20(24)17-11-13-19(14-12-17)27(25,26)22(3)18-9-7-6-8-10-18/h6-14H,4-5,15-16H2,1-3H3,(H,21,24)/p+1. The zero-order valence-corrected chi connectivity index (χ0v) is 16.9. The van der Waals surface area contributed by atoms with Gasteiger partial charge in [-0.25, -0.2) is 8.42 Å². The van der Waals surface area contributed by atoms with E-state index in [9.17, 15) is 13.2 Å². The second-order valence-corrected chi connectivity index (χ2v) is 8.26. The Morgan fingerprint density at radius 3 is 2.15 bits per heavy atom. The lowest BCUT2D eigenvalue weighted by molar-refractivity contribution is -0.895. The number of hydrogen-bond donors (Lipinski definition) is 2. The minimum atomic E-state index is -3.67. The maximum atomic E-state index is 12.7. The summed E-state index contributed by atoms with van der Waals surface area (Å²) in [4.78, 5) is 13.8. The van der Waals surface area contributed by atoms with Gasteiger partial charge in [0.15, 0.2) is 0 Å². The van der Waals surface area contributed by atoms with Crippen LogP contribution in [0.25, 0.3) is 0 Å². The summed E-state index contributed by atoms with van der Waals surface area (Å²) in [6.07, 6.45) is 0. The molecule has 1 amide bonds. The van der Waals surface area contributed by atoms with Crippen molar-refractivity contribution < 1.29 is 18.1 Å². The number of hydrogen-bond acceptors (Lipinski definition) is 3. The molecule has 7 heteroatoms. The number of carbonyl (C=O) groups excluding carboxylic acids is 1. The van der Waals surface area contributed by atoms with E-state index >= 15 is 0 Å². The number of benzene rings is 2. The van der Waals surface area contributed by atoms with E-state index in [0.717, 1.165) is 19.6 Å². The summed E-state index contributed by atoms with van der Waals surface area (Å²) in [5, 5.41) is 2.89. The molecule has 0 saturated carbocycles. The Labute approximate surface area is 161 Å². The van der Waals surface area contributed by atoms with Crippen LogP contribution in [0.5, 0.6) is 0 Å². The first-order valence-electron chi connectivity index (χ1n) is 9.16. The molecule has 2 rings (SSSR count). The minimum absolute atomic E-state index is 0.151. The summed E-state index contributed by atoms with van der Waals surface area (Å²) in [6.45, 7) is 7.74. The average Bonchev–Trinajstić information content (AvgIpc) is 2.71. The number of rotatable bonds is 9. The van der Waals surface area contributed by atoms with E-state index < -0.39 is 10.0 Å². The third kappa shape index (κ3) is 5.30. The van der Waals surface area contributed by atoms with Gasteiger partial charge in [0.25, 0.3) is 15.9 Å². The fourth-order valence-corrected chi connectivity index (χ4v) is 3.97. The SMILES string of the molecule is CC[NH+](CC)CCNC(=O)c1ccc(S(=O)(=O)N(C)c2ccccc2)cc1. The fourth-order valence-electron chi connectivity index (χ4n) is 2.77. The summed E-state index contributed by atoms with van der Waals surface area (Å²) in [5.41, 5.74) is 1.03. The Hall–Kier alpha value is -2.38. The first-order valence-corrected chi connectivity index (χ1v) is 10.6. The highest BCUT2D eigenvalue weighted by Gasteiger charge is 2.21. The maximum Gasteiger partial charge on any atom is 0.264 e. The van der Waals surface area contributed by atoms with Gasteiger partial charge in [0.2, 0.25) is 0 Å². The zero-order valence-electron chi connectivity index (χ0n) is 16.1. The first kappa shape index (κ1) is 20.9. The minimum Gasteiger partial charge on any atom is -0.346 e. The summed E-state index contributed by atoms with van der Waals surface area (Å²) >= 11 is 0. The molecule has 0 spiro atoms. The molecule has 2 aromatic carbocycles. The molecule has 2 N–H and O–H groups in total. The normalized spacial score (nSPS) is 11.4. The van der Waals surface area contributed by atoms with Gasteiger partial charge >= 0.3 is 0 Å². The summed E-state index contributed by atoms with van der Waals surface area (Å²) in [7, 11) is -2.16. The predicted molar refractivity (Wildman–Crippen MR) is 108 cm³/mol. The molecular formula is C20H28N3O3S+. The molecule has 0 bridgehead atoms. The van der Waals surface area contributed by atoms with E-state index in [1.807, 2.05) is 6.07 Å². The molecule has 0 heterocycles. The van der Waals surface area contributed by atoms with E-state index in [0.29, 0.717) is 17.8 Å². The predicted octanol–water partition coefficient (Wildman–Crippen LogP) is 1.17. The molecule has 2 aromatic rings. The van der Waals surface area contributed by atoms with Crippen LogP contribution in [0.4, 0.5) is 5.69 Å².